The summed E-state index contributed by atoms with van der Waals surface area (Å²) < 4.78 is 19.7. The minimum Gasteiger partial charge on any atom is -0.452 e. The van der Waals surface area contributed by atoms with E-state index < -0.39 is 23.8 Å². The number of hydrogen-bond acceptors (Lipinski definition) is 6. The quantitative estimate of drug-likeness (QED) is 0.664. The number of nitrogens with zero attached hydrogens (tertiary/aromatic N) is 3. The van der Waals surface area contributed by atoms with Gasteiger partial charge in [0.05, 0.1) is 17.2 Å². The molecule has 1 aromatic heterocycles. The van der Waals surface area contributed by atoms with E-state index in [2.05, 4.69) is 26.2 Å². The van der Waals surface area contributed by atoms with Crippen LogP contribution < -0.4 is 10.2 Å². The van der Waals surface area contributed by atoms with E-state index in [4.69, 9.17) is 10.00 Å². The highest BCUT2D eigenvalue weighted by Gasteiger charge is 2.29. The molecule has 0 radical (unpaired) electrons. The van der Waals surface area contributed by atoms with E-state index in [-0.39, 0.29) is 11.6 Å². The van der Waals surface area contributed by atoms with Crippen molar-refractivity contribution in [3.05, 3.63) is 52.4 Å². The Hall–Kier alpha value is -2.99. The number of hydrogen-bond donors (Lipinski definition) is 1. The van der Waals surface area contributed by atoms with E-state index >= 15 is 0 Å². The van der Waals surface area contributed by atoms with Crippen LogP contribution in [0.4, 0.5) is 15.9 Å². The Bertz CT molecular complexity index is 969. The maximum atomic E-state index is 13.9. The Kier molecular flexibility index (Phi) is 7.00. The van der Waals surface area contributed by atoms with Gasteiger partial charge in [0.25, 0.3) is 5.91 Å². The molecule has 0 spiro atoms. The number of anilines is 2. The molecule has 1 aliphatic heterocycles. The molecule has 7 nitrogen and oxygen atoms in total. The van der Waals surface area contributed by atoms with Crippen molar-refractivity contribution >= 4 is 39.3 Å². The van der Waals surface area contributed by atoms with Gasteiger partial charge >= 0.3 is 5.97 Å². The number of piperidine rings is 1. The van der Waals surface area contributed by atoms with Gasteiger partial charge in [-0.1, -0.05) is 15.9 Å². The maximum Gasteiger partial charge on any atom is 0.309 e. The fraction of sp³-hybridized carbons (Fsp3) is 0.333. The number of carbonyl (C=O) groups is 2. The van der Waals surface area contributed by atoms with Crippen molar-refractivity contribution in [2.45, 2.75) is 25.9 Å². The molecule has 2 aromatic rings. The zero-order chi connectivity index (χ0) is 21.7. The van der Waals surface area contributed by atoms with Crippen LogP contribution in [0.2, 0.25) is 0 Å². The third-order valence-electron chi connectivity index (χ3n) is 4.88. The Morgan fingerprint density at radius 3 is 2.67 bits per heavy atom. The van der Waals surface area contributed by atoms with Crippen molar-refractivity contribution in [2.75, 3.05) is 23.3 Å². The first-order chi connectivity index (χ1) is 14.4. The minimum atomic E-state index is -1.04. The van der Waals surface area contributed by atoms with Gasteiger partial charge in [-0.05, 0) is 50.1 Å². The number of nitriles is 1. The highest BCUT2D eigenvalue weighted by Crippen LogP contribution is 2.24. The van der Waals surface area contributed by atoms with Crippen molar-refractivity contribution < 1.29 is 18.7 Å². The zero-order valence-electron chi connectivity index (χ0n) is 16.3. The van der Waals surface area contributed by atoms with Crippen LogP contribution in [-0.2, 0) is 14.3 Å². The standard InChI is InChI=1S/C21H20BrFN4O3/c1-13(20(28)26-18-4-3-16(22)10-17(18)23)30-21(29)15-6-8-27(9-7-15)19-5-2-14(11-24)12-25-19/h2-5,10,12-13,15H,6-9H2,1H3,(H,26,28). The normalized spacial score (nSPS) is 15.2. The van der Waals surface area contributed by atoms with E-state index in [9.17, 15) is 14.0 Å². The zero-order valence-corrected chi connectivity index (χ0v) is 17.9. The van der Waals surface area contributed by atoms with Crippen LogP contribution in [0.25, 0.3) is 0 Å². The summed E-state index contributed by atoms with van der Waals surface area (Å²) >= 11 is 3.15. The topological polar surface area (TPSA) is 95.3 Å². The molecule has 156 valence electrons. The number of amides is 1. The number of pyridine rings is 1. The molecule has 30 heavy (non-hydrogen) atoms. The van der Waals surface area contributed by atoms with E-state index in [1.54, 1.807) is 18.2 Å². The van der Waals surface area contributed by atoms with Crippen molar-refractivity contribution in [3.8, 4) is 6.07 Å². The summed E-state index contributed by atoms with van der Waals surface area (Å²) in [4.78, 5) is 31.0. The van der Waals surface area contributed by atoms with Gasteiger partial charge in [-0.15, -0.1) is 0 Å². The van der Waals surface area contributed by atoms with Crippen molar-refractivity contribution in [3.63, 3.8) is 0 Å². The molecule has 1 unspecified atom stereocenters. The molecule has 9 heteroatoms. The predicted molar refractivity (Wildman–Crippen MR) is 112 cm³/mol. The molecule has 1 amide bonds. The SMILES string of the molecule is CC(OC(=O)C1CCN(c2ccc(C#N)cn2)CC1)C(=O)Nc1ccc(Br)cc1F. The first-order valence-electron chi connectivity index (χ1n) is 9.45. The number of esters is 1. The van der Waals surface area contributed by atoms with Crippen LogP contribution in [0, 0.1) is 23.1 Å². The van der Waals surface area contributed by atoms with Crippen molar-refractivity contribution in [1.29, 1.82) is 5.26 Å². The van der Waals surface area contributed by atoms with Crippen molar-refractivity contribution in [1.82, 2.24) is 4.98 Å². The molecule has 1 saturated heterocycles. The fourth-order valence-electron chi connectivity index (χ4n) is 3.13. The largest absolute Gasteiger partial charge is 0.452 e. The Balaban J connectivity index is 1.49. The average Bonchev–Trinajstić information content (AvgIpc) is 2.75. The second kappa shape index (κ2) is 9.67. The molecular weight excluding hydrogens is 455 g/mol. The number of benzene rings is 1. The third-order valence-corrected chi connectivity index (χ3v) is 5.37. The van der Waals surface area contributed by atoms with Gasteiger partial charge in [0.15, 0.2) is 6.10 Å². The Morgan fingerprint density at radius 1 is 1.33 bits per heavy atom. The molecule has 0 bridgehead atoms. The van der Waals surface area contributed by atoms with Crippen LogP contribution in [0.15, 0.2) is 41.0 Å². The fourth-order valence-corrected chi connectivity index (χ4v) is 3.47. The summed E-state index contributed by atoms with van der Waals surface area (Å²) in [5.74, 6) is -1.19. The average molecular weight is 475 g/mol. The van der Waals surface area contributed by atoms with Crippen molar-refractivity contribution in [2.24, 2.45) is 5.92 Å². The number of halogens is 2. The smallest absolute Gasteiger partial charge is 0.309 e. The summed E-state index contributed by atoms with van der Waals surface area (Å²) in [6, 6.07) is 9.79. The minimum absolute atomic E-state index is 0.0225. The molecule has 1 N–H and O–H groups in total. The lowest BCUT2D eigenvalue weighted by Gasteiger charge is -2.32. The molecule has 2 heterocycles. The lowest BCUT2D eigenvalue weighted by Crippen LogP contribution is -2.39. The van der Waals surface area contributed by atoms with Crippen LogP contribution in [0.1, 0.15) is 25.3 Å². The predicted octanol–water partition coefficient (Wildman–Crippen LogP) is 3.64. The molecule has 1 fully saturated rings. The highest BCUT2D eigenvalue weighted by atomic mass is 79.9. The summed E-state index contributed by atoms with van der Waals surface area (Å²) in [5.41, 5.74) is 0.516. The van der Waals surface area contributed by atoms with Gasteiger partial charge < -0.3 is 15.0 Å². The van der Waals surface area contributed by atoms with Gasteiger partial charge in [-0.3, -0.25) is 9.59 Å². The Morgan fingerprint density at radius 2 is 2.07 bits per heavy atom. The Labute approximate surface area is 182 Å². The monoisotopic (exact) mass is 474 g/mol. The van der Waals surface area contributed by atoms with Gasteiger partial charge in [0.1, 0.15) is 17.7 Å². The van der Waals surface area contributed by atoms with E-state index in [1.807, 2.05) is 11.0 Å². The number of ether oxygens (including phenoxy) is 1. The molecular formula is C21H20BrFN4O3. The first kappa shape index (κ1) is 21.7. The van der Waals surface area contributed by atoms with Gasteiger partial charge in [-0.2, -0.15) is 5.26 Å². The third kappa shape index (κ3) is 5.33. The maximum absolute atomic E-state index is 13.9. The number of nitrogens with one attached hydrogen (secondary N) is 1. The van der Waals surface area contributed by atoms with Gasteiger partial charge in [0.2, 0.25) is 0 Å². The van der Waals surface area contributed by atoms with E-state index in [1.165, 1.54) is 25.3 Å². The van der Waals surface area contributed by atoms with Gasteiger partial charge in [-0.25, -0.2) is 9.37 Å². The number of aromatic nitrogens is 1. The lowest BCUT2D eigenvalue weighted by atomic mass is 9.97. The summed E-state index contributed by atoms with van der Waals surface area (Å²) in [7, 11) is 0. The van der Waals surface area contributed by atoms with Crippen LogP contribution in [0.5, 0.6) is 0 Å². The molecule has 1 aliphatic rings. The summed E-state index contributed by atoms with van der Waals surface area (Å²) in [5, 5.41) is 11.3. The summed E-state index contributed by atoms with van der Waals surface area (Å²) in [6.07, 6.45) is 1.61. The highest BCUT2D eigenvalue weighted by molar-refractivity contribution is 9.10. The lowest BCUT2D eigenvalue weighted by molar-refractivity contribution is -0.157. The van der Waals surface area contributed by atoms with Crippen LogP contribution in [0.3, 0.4) is 0 Å². The van der Waals surface area contributed by atoms with Crippen LogP contribution in [-0.4, -0.2) is 36.1 Å². The summed E-state index contributed by atoms with van der Waals surface area (Å²) in [6.45, 7) is 2.69. The molecule has 3 rings (SSSR count). The second-order valence-electron chi connectivity index (χ2n) is 6.97. The molecule has 0 saturated carbocycles. The van der Waals surface area contributed by atoms with Crippen LogP contribution >= 0.6 is 15.9 Å². The second-order valence-corrected chi connectivity index (χ2v) is 7.89. The first-order valence-corrected chi connectivity index (χ1v) is 10.2. The number of rotatable bonds is 5. The number of carbonyl (C=O) groups excluding carboxylic acids is 2. The van der Waals surface area contributed by atoms with E-state index in [0.29, 0.717) is 36.0 Å². The molecule has 1 aromatic carbocycles. The molecule has 1 atom stereocenters. The molecule has 0 aliphatic carbocycles. The van der Waals surface area contributed by atoms with E-state index in [0.717, 1.165) is 5.82 Å². The van der Waals surface area contributed by atoms with Gasteiger partial charge in [0, 0.05) is 23.8 Å².